The Bertz CT molecular complexity index is 201. The van der Waals surface area contributed by atoms with E-state index in [9.17, 15) is 4.79 Å². The Labute approximate surface area is 91.6 Å². The van der Waals surface area contributed by atoms with Crippen LogP contribution in [0.5, 0.6) is 0 Å². The van der Waals surface area contributed by atoms with E-state index in [1.807, 2.05) is 4.90 Å². The SMILES string of the molecule is CC(C)N(C(=O)C1CC(Cl)C1)C(C)C. The Morgan fingerprint density at radius 1 is 1.21 bits per heavy atom. The second kappa shape index (κ2) is 4.52. The summed E-state index contributed by atoms with van der Waals surface area (Å²) in [7, 11) is 0. The number of hydrogen-bond donors (Lipinski definition) is 0. The lowest BCUT2D eigenvalue weighted by molar-refractivity contribution is -0.141. The van der Waals surface area contributed by atoms with Gasteiger partial charge in [0.25, 0.3) is 0 Å². The summed E-state index contributed by atoms with van der Waals surface area (Å²) in [6.07, 6.45) is 1.71. The molecule has 0 unspecified atom stereocenters. The van der Waals surface area contributed by atoms with Gasteiger partial charge in [0.15, 0.2) is 0 Å². The van der Waals surface area contributed by atoms with E-state index >= 15 is 0 Å². The first kappa shape index (κ1) is 11.8. The summed E-state index contributed by atoms with van der Waals surface area (Å²) in [5, 5.41) is 0.227. The molecule has 1 rings (SSSR count). The molecule has 0 heterocycles. The van der Waals surface area contributed by atoms with Crippen molar-refractivity contribution < 1.29 is 4.79 Å². The summed E-state index contributed by atoms with van der Waals surface area (Å²) < 4.78 is 0. The van der Waals surface area contributed by atoms with Crippen LogP contribution < -0.4 is 0 Å². The summed E-state index contributed by atoms with van der Waals surface area (Å²) in [5.74, 6) is 0.467. The highest BCUT2D eigenvalue weighted by Crippen LogP contribution is 2.34. The van der Waals surface area contributed by atoms with Gasteiger partial charge in [-0.25, -0.2) is 0 Å². The van der Waals surface area contributed by atoms with Crippen LogP contribution in [0.15, 0.2) is 0 Å². The van der Waals surface area contributed by atoms with Crippen molar-refractivity contribution in [2.45, 2.75) is 58.0 Å². The van der Waals surface area contributed by atoms with Crippen LogP contribution in [0, 0.1) is 5.92 Å². The van der Waals surface area contributed by atoms with Crippen molar-refractivity contribution in [3.63, 3.8) is 0 Å². The topological polar surface area (TPSA) is 20.3 Å². The van der Waals surface area contributed by atoms with Gasteiger partial charge in [-0.2, -0.15) is 0 Å². The zero-order valence-electron chi connectivity index (χ0n) is 9.46. The summed E-state index contributed by atoms with van der Waals surface area (Å²) >= 11 is 5.88. The lowest BCUT2D eigenvalue weighted by Crippen LogP contribution is -2.48. The fraction of sp³-hybridized carbons (Fsp3) is 0.909. The minimum absolute atomic E-state index is 0.183. The third kappa shape index (κ3) is 2.41. The molecule has 82 valence electrons. The largest absolute Gasteiger partial charge is 0.338 e. The minimum Gasteiger partial charge on any atom is -0.338 e. The van der Waals surface area contributed by atoms with Gasteiger partial charge < -0.3 is 4.90 Å². The summed E-state index contributed by atoms with van der Waals surface area (Å²) in [5.41, 5.74) is 0. The maximum atomic E-state index is 12.0. The molecule has 1 aliphatic carbocycles. The van der Waals surface area contributed by atoms with Gasteiger partial charge in [-0.15, -0.1) is 11.6 Å². The number of amides is 1. The third-order valence-electron chi connectivity index (χ3n) is 2.80. The van der Waals surface area contributed by atoms with E-state index in [-0.39, 0.29) is 29.3 Å². The van der Waals surface area contributed by atoms with Gasteiger partial charge in [0.2, 0.25) is 5.91 Å². The molecular weight excluding hydrogens is 198 g/mol. The van der Waals surface area contributed by atoms with Gasteiger partial charge >= 0.3 is 0 Å². The van der Waals surface area contributed by atoms with E-state index in [1.165, 1.54) is 0 Å². The Morgan fingerprint density at radius 2 is 1.64 bits per heavy atom. The number of nitrogens with zero attached hydrogens (tertiary/aromatic N) is 1. The predicted molar refractivity (Wildman–Crippen MR) is 59.5 cm³/mol. The smallest absolute Gasteiger partial charge is 0.226 e. The van der Waals surface area contributed by atoms with Crippen molar-refractivity contribution in [1.29, 1.82) is 0 Å². The van der Waals surface area contributed by atoms with Gasteiger partial charge in [-0.05, 0) is 40.5 Å². The van der Waals surface area contributed by atoms with Crippen molar-refractivity contribution in [2.75, 3.05) is 0 Å². The average molecular weight is 218 g/mol. The van der Waals surface area contributed by atoms with E-state index in [2.05, 4.69) is 27.7 Å². The highest BCUT2D eigenvalue weighted by molar-refractivity contribution is 6.21. The molecule has 0 aromatic rings. The van der Waals surface area contributed by atoms with Gasteiger partial charge in [-0.1, -0.05) is 0 Å². The molecule has 0 aromatic carbocycles. The summed E-state index contributed by atoms with van der Waals surface area (Å²) in [4.78, 5) is 14.0. The van der Waals surface area contributed by atoms with E-state index in [0.717, 1.165) is 12.8 Å². The molecule has 1 fully saturated rings. The molecule has 0 spiro atoms. The van der Waals surface area contributed by atoms with Crippen molar-refractivity contribution >= 4 is 17.5 Å². The van der Waals surface area contributed by atoms with Crippen LogP contribution in [0.4, 0.5) is 0 Å². The fourth-order valence-corrected chi connectivity index (χ4v) is 2.50. The first-order chi connectivity index (χ1) is 6.43. The van der Waals surface area contributed by atoms with Crippen LogP contribution in [0.2, 0.25) is 0 Å². The number of carbonyl (C=O) groups is 1. The lowest BCUT2D eigenvalue weighted by Gasteiger charge is -2.38. The van der Waals surface area contributed by atoms with Gasteiger partial charge in [0, 0.05) is 23.4 Å². The van der Waals surface area contributed by atoms with Crippen molar-refractivity contribution in [1.82, 2.24) is 4.90 Å². The molecule has 1 saturated carbocycles. The monoisotopic (exact) mass is 217 g/mol. The zero-order valence-corrected chi connectivity index (χ0v) is 10.2. The molecule has 0 saturated heterocycles. The van der Waals surface area contributed by atoms with Crippen molar-refractivity contribution in [2.24, 2.45) is 5.92 Å². The van der Waals surface area contributed by atoms with Crippen LogP contribution in [-0.2, 0) is 4.79 Å². The Hall–Kier alpha value is -0.240. The molecule has 1 amide bonds. The first-order valence-corrected chi connectivity index (χ1v) is 5.83. The first-order valence-electron chi connectivity index (χ1n) is 5.39. The van der Waals surface area contributed by atoms with Crippen LogP contribution in [-0.4, -0.2) is 28.3 Å². The second-order valence-corrected chi connectivity index (χ2v) is 5.32. The maximum absolute atomic E-state index is 12.0. The molecule has 1 aliphatic rings. The zero-order chi connectivity index (χ0) is 10.9. The molecular formula is C11H20ClNO. The number of alkyl halides is 1. The molecule has 14 heavy (non-hydrogen) atoms. The highest BCUT2D eigenvalue weighted by Gasteiger charge is 2.37. The van der Waals surface area contributed by atoms with E-state index in [0.29, 0.717) is 0 Å². The summed E-state index contributed by atoms with van der Waals surface area (Å²) in [6, 6.07) is 0.578. The van der Waals surface area contributed by atoms with E-state index in [1.54, 1.807) is 0 Å². The molecule has 3 heteroatoms. The molecule has 0 aromatic heterocycles. The van der Waals surface area contributed by atoms with Gasteiger partial charge in [0.1, 0.15) is 0 Å². The second-order valence-electron chi connectivity index (χ2n) is 4.70. The Morgan fingerprint density at radius 3 is 1.93 bits per heavy atom. The average Bonchev–Trinajstić information content (AvgIpc) is 1.96. The Kier molecular flexibility index (Phi) is 3.82. The quantitative estimate of drug-likeness (QED) is 0.666. The van der Waals surface area contributed by atoms with Gasteiger partial charge in [-0.3, -0.25) is 4.79 Å². The molecule has 0 radical (unpaired) electrons. The highest BCUT2D eigenvalue weighted by atomic mass is 35.5. The van der Waals surface area contributed by atoms with Crippen LogP contribution >= 0.6 is 11.6 Å². The number of carbonyl (C=O) groups excluding carboxylic acids is 1. The van der Waals surface area contributed by atoms with Crippen LogP contribution in [0.1, 0.15) is 40.5 Å². The number of halogens is 1. The third-order valence-corrected chi connectivity index (χ3v) is 3.15. The fourth-order valence-electron chi connectivity index (χ4n) is 2.07. The van der Waals surface area contributed by atoms with E-state index in [4.69, 9.17) is 11.6 Å². The number of rotatable bonds is 3. The van der Waals surface area contributed by atoms with Crippen molar-refractivity contribution in [3.05, 3.63) is 0 Å². The van der Waals surface area contributed by atoms with E-state index < -0.39 is 0 Å². The lowest BCUT2D eigenvalue weighted by atomic mass is 9.83. The molecule has 0 atom stereocenters. The summed E-state index contributed by atoms with van der Waals surface area (Å²) in [6.45, 7) is 8.26. The minimum atomic E-state index is 0.183. The molecule has 0 N–H and O–H groups in total. The molecule has 0 aliphatic heterocycles. The normalized spacial score (nSPS) is 26.5. The number of hydrogen-bond acceptors (Lipinski definition) is 1. The van der Waals surface area contributed by atoms with Crippen LogP contribution in [0.25, 0.3) is 0 Å². The Balaban J connectivity index is 2.56. The molecule has 2 nitrogen and oxygen atoms in total. The maximum Gasteiger partial charge on any atom is 0.226 e. The van der Waals surface area contributed by atoms with Crippen molar-refractivity contribution in [3.8, 4) is 0 Å². The standard InChI is InChI=1S/C11H20ClNO/c1-7(2)13(8(3)4)11(14)9-5-10(12)6-9/h7-10H,5-6H2,1-4H3. The molecule has 0 bridgehead atoms. The predicted octanol–water partition coefficient (Wildman–Crippen LogP) is 2.65. The van der Waals surface area contributed by atoms with Gasteiger partial charge in [0.05, 0.1) is 0 Å². The van der Waals surface area contributed by atoms with Crippen LogP contribution in [0.3, 0.4) is 0 Å².